The molecule has 10 heteroatoms. The van der Waals surface area contributed by atoms with E-state index in [-0.39, 0.29) is 22.2 Å². The zero-order valence-electron chi connectivity index (χ0n) is 12.1. The summed E-state index contributed by atoms with van der Waals surface area (Å²) >= 11 is 11.3. The maximum atomic E-state index is 13.6. The summed E-state index contributed by atoms with van der Waals surface area (Å²) < 4.78 is 27.3. The molecule has 1 aromatic heterocycles. The first-order chi connectivity index (χ1) is 11.3. The number of hydrogen-bond acceptors (Lipinski definition) is 4. The Morgan fingerprint density at radius 3 is 2.75 bits per heavy atom. The first-order valence-corrected chi connectivity index (χ1v) is 7.43. The smallest absolute Gasteiger partial charge is 0.287 e. The fourth-order valence-corrected chi connectivity index (χ4v) is 2.16. The molecule has 1 unspecified atom stereocenters. The van der Waals surface area contributed by atoms with Gasteiger partial charge >= 0.3 is 0 Å². The number of carbonyl (C=O) groups excluding carboxylic acids is 1. The van der Waals surface area contributed by atoms with Crippen molar-refractivity contribution in [1.82, 2.24) is 15.1 Å². The van der Waals surface area contributed by atoms with Crippen molar-refractivity contribution in [2.24, 2.45) is 5.73 Å². The molecule has 2 aromatic rings. The van der Waals surface area contributed by atoms with Crippen LogP contribution in [0.15, 0.2) is 29.2 Å². The Morgan fingerprint density at radius 2 is 2.08 bits per heavy atom. The average molecular weight is 377 g/mol. The van der Waals surface area contributed by atoms with Crippen LogP contribution in [-0.4, -0.2) is 22.2 Å². The summed E-state index contributed by atoms with van der Waals surface area (Å²) in [6.07, 6.45) is 1.14. The first-order valence-electron chi connectivity index (χ1n) is 6.68. The van der Waals surface area contributed by atoms with E-state index in [2.05, 4.69) is 10.4 Å². The second-order valence-electron chi connectivity index (χ2n) is 4.85. The molecule has 2 rings (SSSR count). The Labute approximate surface area is 145 Å². The monoisotopic (exact) mass is 376 g/mol. The van der Waals surface area contributed by atoms with Gasteiger partial charge < -0.3 is 11.1 Å². The number of nitrogens with one attached hydrogen (secondary N) is 1. The molecule has 0 aliphatic rings. The minimum atomic E-state index is -0.881. The average Bonchev–Trinajstić information content (AvgIpc) is 2.53. The zero-order chi connectivity index (χ0) is 17.9. The van der Waals surface area contributed by atoms with Crippen LogP contribution in [0.4, 0.5) is 8.78 Å². The number of benzene rings is 1. The van der Waals surface area contributed by atoms with Gasteiger partial charge in [0.15, 0.2) is 0 Å². The largest absolute Gasteiger partial charge is 0.353 e. The summed E-state index contributed by atoms with van der Waals surface area (Å²) in [4.78, 5) is 23.6. The van der Waals surface area contributed by atoms with E-state index in [1.54, 1.807) is 0 Å². The minimum Gasteiger partial charge on any atom is -0.353 e. The van der Waals surface area contributed by atoms with Gasteiger partial charge in [-0.05, 0) is 6.07 Å². The molecular weight excluding hydrogens is 365 g/mol. The fourth-order valence-electron chi connectivity index (χ4n) is 1.89. The summed E-state index contributed by atoms with van der Waals surface area (Å²) in [7, 11) is 0. The van der Waals surface area contributed by atoms with Crippen LogP contribution >= 0.6 is 23.2 Å². The fraction of sp³-hybridized carbons (Fsp3) is 0.214. The van der Waals surface area contributed by atoms with E-state index in [4.69, 9.17) is 28.9 Å². The highest BCUT2D eigenvalue weighted by atomic mass is 35.5. The van der Waals surface area contributed by atoms with Crippen LogP contribution in [0.1, 0.15) is 11.6 Å². The van der Waals surface area contributed by atoms with E-state index in [1.807, 2.05) is 0 Å². The molecule has 0 fully saturated rings. The third kappa shape index (κ3) is 4.28. The third-order valence-electron chi connectivity index (χ3n) is 3.12. The molecule has 0 spiro atoms. The highest BCUT2D eigenvalue weighted by molar-refractivity contribution is 6.41. The van der Waals surface area contributed by atoms with E-state index in [0.717, 1.165) is 16.9 Å². The van der Waals surface area contributed by atoms with Gasteiger partial charge in [-0.2, -0.15) is 5.10 Å². The second kappa shape index (κ2) is 7.69. The Kier molecular flexibility index (Phi) is 5.87. The predicted molar refractivity (Wildman–Crippen MR) is 84.8 cm³/mol. The van der Waals surface area contributed by atoms with Crippen molar-refractivity contribution < 1.29 is 13.6 Å². The summed E-state index contributed by atoms with van der Waals surface area (Å²) in [6.45, 7) is -0.522. The van der Waals surface area contributed by atoms with Crippen molar-refractivity contribution in [1.29, 1.82) is 0 Å². The Morgan fingerprint density at radius 1 is 1.38 bits per heavy atom. The van der Waals surface area contributed by atoms with Crippen molar-refractivity contribution >= 4 is 29.1 Å². The van der Waals surface area contributed by atoms with Gasteiger partial charge in [0.1, 0.15) is 23.2 Å². The van der Waals surface area contributed by atoms with Gasteiger partial charge in [0.25, 0.3) is 5.56 Å². The number of nitrogens with zero attached hydrogens (tertiary/aromatic N) is 2. The van der Waals surface area contributed by atoms with Gasteiger partial charge in [0, 0.05) is 18.2 Å². The van der Waals surface area contributed by atoms with Crippen molar-refractivity contribution in [3.8, 4) is 0 Å². The summed E-state index contributed by atoms with van der Waals surface area (Å²) in [5.74, 6) is -2.11. The molecule has 24 heavy (non-hydrogen) atoms. The van der Waals surface area contributed by atoms with Gasteiger partial charge in [-0.1, -0.05) is 29.3 Å². The Balaban J connectivity index is 1.98. The van der Waals surface area contributed by atoms with Crippen LogP contribution in [0.3, 0.4) is 0 Å². The Hall–Kier alpha value is -2.03. The number of amides is 1. The van der Waals surface area contributed by atoms with E-state index < -0.39 is 35.7 Å². The Bertz CT molecular complexity index is 829. The van der Waals surface area contributed by atoms with Crippen molar-refractivity contribution in [2.75, 3.05) is 6.54 Å². The molecule has 1 amide bonds. The van der Waals surface area contributed by atoms with Crippen LogP contribution in [-0.2, 0) is 11.3 Å². The lowest BCUT2D eigenvalue weighted by molar-refractivity contribution is -0.122. The van der Waals surface area contributed by atoms with Crippen molar-refractivity contribution in [3.63, 3.8) is 0 Å². The number of halogens is 4. The SMILES string of the molecule is NC(CNC(=O)Cn1ncc(Cl)c(Cl)c1=O)c1ccc(F)cc1F. The van der Waals surface area contributed by atoms with Crippen LogP contribution < -0.4 is 16.6 Å². The van der Waals surface area contributed by atoms with Crippen LogP contribution in [0.2, 0.25) is 10.0 Å². The standard InChI is InChI=1S/C14H12Cl2F2N4O2/c15-9-4-21-22(14(24)13(9)16)6-12(23)20-5-11(19)8-2-1-7(17)3-10(8)18/h1-4,11H,5-6,19H2,(H,20,23). The lowest BCUT2D eigenvalue weighted by atomic mass is 10.1. The second-order valence-corrected chi connectivity index (χ2v) is 5.63. The van der Waals surface area contributed by atoms with Crippen LogP contribution in [0, 0.1) is 11.6 Å². The van der Waals surface area contributed by atoms with E-state index >= 15 is 0 Å². The molecule has 1 heterocycles. The predicted octanol–water partition coefficient (Wildman–Crippen LogP) is 1.64. The molecule has 0 saturated carbocycles. The number of carbonyl (C=O) groups is 1. The van der Waals surface area contributed by atoms with Gasteiger partial charge in [-0.25, -0.2) is 13.5 Å². The molecule has 1 atom stereocenters. The summed E-state index contributed by atoms with van der Waals surface area (Å²) in [5, 5.41) is 5.85. The zero-order valence-corrected chi connectivity index (χ0v) is 13.6. The first kappa shape index (κ1) is 18.3. The topological polar surface area (TPSA) is 90.0 Å². The molecule has 128 valence electrons. The van der Waals surface area contributed by atoms with E-state index in [0.29, 0.717) is 6.07 Å². The number of aromatic nitrogens is 2. The number of hydrogen-bond donors (Lipinski definition) is 2. The maximum Gasteiger partial charge on any atom is 0.287 e. The maximum absolute atomic E-state index is 13.6. The number of rotatable bonds is 5. The normalized spacial score (nSPS) is 12.0. The van der Waals surface area contributed by atoms with Crippen LogP contribution in [0.5, 0.6) is 0 Å². The molecule has 3 N–H and O–H groups in total. The van der Waals surface area contributed by atoms with Gasteiger partial charge in [0.05, 0.1) is 17.3 Å². The number of nitrogens with two attached hydrogens (primary N) is 1. The molecule has 0 aliphatic carbocycles. The summed E-state index contributed by atoms with van der Waals surface area (Å²) in [5.41, 5.74) is 5.10. The molecule has 0 radical (unpaired) electrons. The molecule has 0 aliphatic heterocycles. The molecule has 0 bridgehead atoms. The highest BCUT2D eigenvalue weighted by Gasteiger charge is 2.15. The lowest BCUT2D eigenvalue weighted by Gasteiger charge is -2.14. The van der Waals surface area contributed by atoms with Crippen LogP contribution in [0.25, 0.3) is 0 Å². The molecule has 1 aromatic carbocycles. The van der Waals surface area contributed by atoms with Crippen molar-refractivity contribution in [3.05, 3.63) is 62.0 Å². The third-order valence-corrected chi connectivity index (χ3v) is 3.87. The lowest BCUT2D eigenvalue weighted by Crippen LogP contribution is -2.37. The van der Waals surface area contributed by atoms with Crippen molar-refractivity contribution in [2.45, 2.75) is 12.6 Å². The quantitative estimate of drug-likeness (QED) is 0.829. The molecule has 6 nitrogen and oxygen atoms in total. The van der Waals surface area contributed by atoms with Gasteiger partial charge in [-0.15, -0.1) is 0 Å². The summed E-state index contributed by atoms with van der Waals surface area (Å²) in [6, 6.07) is 2.09. The van der Waals surface area contributed by atoms with E-state index in [9.17, 15) is 18.4 Å². The molecule has 0 saturated heterocycles. The van der Waals surface area contributed by atoms with E-state index in [1.165, 1.54) is 6.07 Å². The highest BCUT2D eigenvalue weighted by Crippen LogP contribution is 2.16. The van der Waals surface area contributed by atoms with Gasteiger partial charge in [-0.3, -0.25) is 9.59 Å². The molecular formula is C14H12Cl2F2N4O2. The van der Waals surface area contributed by atoms with Gasteiger partial charge in [0.2, 0.25) is 5.91 Å². The minimum absolute atomic E-state index is 0.0212.